The van der Waals surface area contributed by atoms with Crippen LogP contribution in [0.5, 0.6) is 0 Å². The fourth-order valence-electron chi connectivity index (χ4n) is 1.32. The van der Waals surface area contributed by atoms with Gasteiger partial charge >= 0.3 is 0 Å². The molecule has 0 fully saturated rings. The van der Waals surface area contributed by atoms with Crippen LogP contribution >= 0.6 is 0 Å². The van der Waals surface area contributed by atoms with Gasteiger partial charge < -0.3 is 15.6 Å². The molecule has 1 aromatic heterocycles. The maximum Gasteiger partial charge on any atom is 0.214 e. The molecule has 0 aliphatic carbocycles. The third-order valence-corrected chi connectivity index (χ3v) is 2.04. The lowest BCUT2D eigenvalue weighted by atomic mass is 10.3. The summed E-state index contributed by atoms with van der Waals surface area (Å²) >= 11 is 0. The minimum atomic E-state index is 0.824. The lowest BCUT2D eigenvalue weighted by molar-refractivity contribution is -0.456. The number of H-pyrrole nitrogens is 1. The molecule has 0 unspecified atom stereocenters. The quantitative estimate of drug-likeness (QED) is 0.316. The van der Waals surface area contributed by atoms with Crippen molar-refractivity contribution in [3.05, 3.63) is 30.2 Å². The Labute approximate surface area is 88.0 Å². The highest BCUT2D eigenvalue weighted by Crippen LogP contribution is 2.09. The summed E-state index contributed by atoms with van der Waals surface area (Å²) in [6.45, 7) is 1.68. The second kappa shape index (κ2) is 4.99. The van der Waals surface area contributed by atoms with Gasteiger partial charge in [-0.05, 0) is 6.07 Å². The van der Waals surface area contributed by atoms with Crippen molar-refractivity contribution in [3.63, 3.8) is 0 Å². The van der Waals surface area contributed by atoms with Crippen molar-refractivity contribution in [3.8, 4) is 0 Å². The Hall–Kier alpha value is -2.04. The van der Waals surface area contributed by atoms with E-state index in [9.17, 15) is 0 Å². The van der Waals surface area contributed by atoms with Gasteiger partial charge in [-0.25, -0.2) is 9.98 Å². The minimum Gasteiger partial charge on any atom is -0.355 e. The maximum atomic E-state index is 3.17. The zero-order chi connectivity index (χ0) is 10.3. The van der Waals surface area contributed by atoms with E-state index in [4.69, 9.17) is 0 Å². The molecule has 78 valence electrons. The summed E-state index contributed by atoms with van der Waals surface area (Å²) in [5.41, 5.74) is 2.30. The molecule has 0 atom stereocenters. The molecule has 3 rings (SSSR count). The smallest absolute Gasteiger partial charge is 0.214 e. The summed E-state index contributed by atoms with van der Waals surface area (Å²) in [7, 11) is 0. The number of fused-ring (bicyclic) bond motifs is 1. The fourth-order valence-corrected chi connectivity index (χ4v) is 1.32. The van der Waals surface area contributed by atoms with E-state index in [1.807, 2.05) is 37.0 Å². The van der Waals surface area contributed by atoms with Crippen LogP contribution in [0.4, 0.5) is 5.69 Å². The molecule has 5 N–H and O–H groups in total. The molecule has 15 heavy (non-hydrogen) atoms. The first-order chi connectivity index (χ1) is 7.47. The van der Waals surface area contributed by atoms with Crippen LogP contribution in [-0.2, 0) is 0 Å². The van der Waals surface area contributed by atoms with E-state index < -0.39 is 0 Å². The molecule has 5 nitrogen and oxygen atoms in total. The van der Waals surface area contributed by atoms with Gasteiger partial charge in [0.2, 0.25) is 13.3 Å². The van der Waals surface area contributed by atoms with Crippen LogP contribution < -0.4 is 20.6 Å². The Morgan fingerprint density at radius 2 is 2.20 bits per heavy atom. The Morgan fingerprint density at radius 1 is 1.20 bits per heavy atom. The van der Waals surface area contributed by atoms with E-state index in [1.54, 1.807) is 0 Å². The summed E-state index contributed by atoms with van der Waals surface area (Å²) in [5.74, 6) is 0. The van der Waals surface area contributed by atoms with Crippen LogP contribution in [0.1, 0.15) is 5.69 Å². The van der Waals surface area contributed by atoms with Crippen molar-refractivity contribution in [2.24, 2.45) is 0 Å². The van der Waals surface area contributed by atoms with Crippen molar-refractivity contribution in [2.45, 2.75) is 0 Å². The van der Waals surface area contributed by atoms with E-state index in [1.165, 1.54) is 5.69 Å². The largest absolute Gasteiger partial charge is 0.355 e. The first kappa shape index (κ1) is 9.51. The number of aromatic nitrogens is 1. The monoisotopic (exact) mass is 205 g/mol. The van der Waals surface area contributed by atoms with Gasteiger partial charge in [0.1, 0.15) is 5.69 Å². The fraction of sp³-hybridized carbons (Fsp3) is 0.200. The lowest BCUT2D eigenvalue weighted by Crippen LogP contribution is -2.73. The number of nitrogens with one attached hydrogen (secondary N) is 5. The van der Waals surface area contributed by atoms with Crippen molar-refractivity contribution >= 4 is 18.1 Å². The summed E-state index contributed by atoms with van der Waals surface area (Å²) in [6.07, 6.45) is 9.60. The molecule has 0 radical (unpaired) electrons. The van der Waals surface area contributed by atoms with E-state index in [-0.39, 0.29) is 0 Å². The maximum absolute atomic E-state index is 3.17. The van der Waals surface area contributed by atoms with Crippen molar-refractivity contribution < 1.29 is 9.98 Å². The van der Waals surface area contributed by atoms with E-state index >= 15 is 0 Å². The van der Waals surface area contributed by atoms with Crippen LogP contribution in [0, 0.1) is 0 Å². The lowest BCUT2D eigenvalue weighted by Gasteiger charge is -2.00. The van der Waals surface area contributed by atoms with Gasteiger partial charge in [-0.3, -0.25) is 0 Å². The Kier molecular flexibility index (Phi) is 3.17. The summed E-state index contributed by atoms with van der Waals surface area (Å²) in [6, 6.07) is 2.02. The molecule has 5 heteroatoms. The van der Waals surface area contributed by atoms with Gasteiger partial charge in [-0.2, -0.15) is 0 Å². The number of rotatable bonds is 0. The third-order valence-electron chi connectivity index (χ3n) is 2.04. The highest BCUT2D eigenvalue weighted by molar-refractivity contribution is 5.82. The standard InChI is InChI=1S/C6H7N3.C4H6N2/c1-2-8-6-3-7-4-9-5(1)6;1-2-5-4-6-3-1/h1-3,8-9H,4H2;1-3,5H,4H2/p+2. The average molecular weight is 205 g/mol. The Balaban J connectivity index is 0.000000124. The topological polar surface area (TPSA) is 67.8 Å². The molecule has 0 saturated heterocycles. The molecule has 0 amide bonds. The second-order valence-electron chi connectivity index (χ2n) is 3.12. The van der Waals surface area contributed by atoms with E-state index in [0.29, 0.717) is 0 Å². The number of hydrogen-bond donors (Lipinski definition) is 5. The molecule has 2 aliphatic heterocycles. The molecule has 0 bridgehead atoms. The van der Waals surface area contributed by atoms with Gasteiger partial charge in [0.25, 0.3) is 0 Å². The van der Waals surface area contributed by atoms with Crippen LogP contribution in [0.2, 0.25) is 0 Å². The minimum absolute atomic E-state index is 0.824. The van der Waals surface area contributed by atoms with Gasteiger partial charge in [-0.15, -0.1) is 0 Å². The van der Waals surface area contributed by atoms with Crippen molar-refractivity contribution in [2.75, 3.05) is 18.7 Å². The molecule has 1 aromatic rings. The van der Waals surface area contributed by atoms with Crippen LogP contribution in [0.15, 0.2) is 24.5 Å². The molecular formula is C10H15N5+2. The molecule has 0 saturated carbocycles. The van der Waals surface area contributed by atoms with Crippen LogP contribution in [0.3, 0.4) is 0 Å². The molecule has 0 aromatic carbocycles. The summed E-state index contributed by atoms with van der Waals surface area (Å²) < 4.78 is 0. The zero-order valence-corrected chi connectivity index (χ0v) is 8.38. The van der Waals surface area contributed by atoms with Gasteiger partial charge in [-0.1, -0.05) is 0 Å². The summed E-state index contributed by atoms with van der Waals surface area (Å²) in [4.78, 5) is 9.10. The van der Waals surface area contributed by atoms with Crippen molar-refractivity contribution in [1.82, 2.24) is 10.3 Å². The molecular weight excluding hydrogens is 190 g/mol. The predicted molar refractivity (Wildman–Crippen MR) is 59.6 cm³/mol. The molecule has 2 aliphatic rings. The van der Waals surface area contributed by atoms with E-state index in [2.05, 4.69) is 25.6 Å². The van der Waals surface area contributed by atoms with Crippen LogP contribution in [-0.4, -0.2) is 30.8 Å². The van der Waals surface area contributed by atoms with Gasteiger partial charge in [0, 0.05) is 18.5 Å². The normalized spacial score (nSPS) is 15.7. The number of anilines is 1. The predicted octanol–water partition coefficient (Wildman–Crippen LogP) is -2.89. The molecule has 0 spiro atoms. The van der Waals surface area contributed by atoms with E-state index in [0.717, 1.165) is 19.0 Å². The second-order valence-corrected chi connectivity index (χ2v) is 3.12. The number of hydrogen-bond acceptors (Lipinski definition) is 2. The average Bonchev–Trinajstić information content (AvgIpc) is 2.80. The van der Waals surface area contributed by atoms with Gasteiger partial charge in [0.15, 0.2) is 12.4 Å². The number of allylic oxidation sites excluding steroid dienone is 1. The third kappa shape index (κ3) is 2.70. The first-order valence-electron chi connectivity index (χ1n) is 4.90. The van der Waals surface area contributed by atoms with Crippen molar-refractivity contribution in [1.29, 1.82) is 0 Å². The Bertz CT molecular complexity index is 376. The van der Waals surface area contributed by atoms with Crippen LogP contribution in [0.25, 0.3) is 0 Å². The first-order valence-corrected chi connectivity index (χ1v) is 4.90. The van der Waals surface area contributed by atoms with Gasteiger partial charge in [0.05, 0.1) is 5.69 Å². The Morgan fingerprint density at radius 3 is 2.80 bits per heavy atom. The summed E-state index contributed by atoms with van der Waals surface area (Å²) in [5, 5.41) is 6.13. The highest BCUT2D eigenvalue weighted by Gasteiger charge is 2.06. The highest BCUT2D eigenvalue weighted by atomic mass is 15.0. The molecule has 3 heterocycles. The zero-order valence-electron chi connectivity index (χ0n) is 8.38. The number of aromatic amines is 1. The SMILES string of the molecule is C1=CNC[NH+]=C1.C1=[NH+]CNc2cc[nH]c21.